The zero-order valence-electron chi connectivity index (χ0n) is 8.91. The van der Waals surface area contributed by atoms with Gasteiger partial charge in [-0.05, 0) is 12.1 Å². The first kappa shape index (κ1) is 12.1. The highest BCUT2D eigenvalue weighted by Gasteiger charge is 2.21. The molecule has 0 aliphatic rings. The molecule has 0 radical (unpaired) electrons. The maximum Gasteiger partial charge on any atom is 0.397 e. The van der Waals surface area contributed by atoms with Crippen LogP contribution in [0.4, 0.5) is 13.2 Å². The molecule has 0 bridgehead atoms. The van der Waals surface area contributed by atoms with Gasteiger partial charge in [0.1, 0.15) is 0 Å². The third-order valence-corrected chi connectivity index (χ3v) is 2.06. The minimum atomic E-state index is -1.66. The summed E-state index contributed by atoms with van der Waals surface area (Å²) in [6.07, 6.45) is 0. The van der Waals surface area contributed by atoms with Gasteiger partial charge in [-0.2, -0.15) is 4.98 Å². The van der Waals surface area contributed by atoms with Crippen LogP contribution in [0, 0.1) is 17.5 Å². The molecule has 5 nitrogen and oxygen atoms in total. The van der Waals surface area contributed by atoms with Gasteiger partial charge in [-0.15, -0.1) is 0 Å². The van der Waals surface area contributed by atoms with Crippen LogP contribution in [0.5, 0.6) is 0 Å². The largest absolute Gasteiger partial charge is 0.462 e. The summed E-state index contributed by atoms with van der Waals surface area (Å²) in [6, 6.07) is 1.64. The lowest BCUT2D eigenvalue weighted by molar-refractivity contribution is 0.0545. The van der Waals surface area contributed by atoms with Gasteiger partial charge in [0.25, 0.3) is 0 Å². The van der Waals surface area contributed by atoms with E-state index in [1.165, 1.54) is 0 Å². The van der Waals surface area contributed by atoms with Crippen LogP contribution >= 0.6 is 0 Å². The van der Waals surface area contributed by atoms with E-state index >= 15 is 0 Å². The number of ether oxygens (including phenoxy) is 1. The Hall–Kier alpha value is -2.38. The average molecular weight is 258 g/mol. The second kappa shape index (κ2) is 4.47. The Labute approximate surface area is 98.2 Å². The fourth-order valence-corrected chi connectivity index (χ4v) is 1.20. The number of hydrogen-bond acceptors (Lipinski definition) is 5. The molecule has 0 aliphatic heterocycles. The zero-order chi connectivity index (χ0) is 13.3. The molecule has 18 heavy (non-hydrogen) atoms. The molecule has 1 aromatic carbocycles. The highest BCUT2D eigenvalue weighted by Crippen LogP contribution is 2.23. The number of carbonyl (C=O) groups is 1. The third-order valence-electron chi connectivity index (χ3n) is 2.06. The van der Waals surface area contributed by atoms with Gasteiger partial charge < -0.3 is 9.26 Å². The molecule has 0 saturated carbocycles. The summed E-state index contributed by atoms with van der Waals surface area (Å²) in [5, 5.41) is 3.27. The van der Waals surface area contributed by atoms with Crippen LogP contribution in [-0.4, -0.2) is 23.2 Å². The Morgan fingerprint density at radius 1 is 1.28 bits per heavy atom. The Balaban J connectivity index is 2.47. The Kier molecular flexibility index (Phi) is 3.00. The van der Waals surface area contributed by atoms with E-state index in [0.29, 0.717) is 6.07 Å². The van der Waals surface area contributed by atoms with E-state index in [1.807, 2.05) is 0 Å². The van der Waals surface area contributed by atoms with E-state index in [1.54, 1.807) is 0 Å². The molecule has 1 aromatic heterocycles. The van der Waals surface area contributed by atoms with E-state index in [4.69, 9.17) is 0 Å². The number of nitrogens with zero attached hydrogens (tertiary/aromatic N) is 2. The normalized spacial score (nSPS) is 10.4. The van der Waals surface area contributed by atoms with E-state index in [2.05, 4.69) is 19.4 Å². The van der Waals surface area contributed by atoms with Crippen LogP contribution in [-0.2, 0) is 4.74 Å². The minimum absolute atomic E-state index is 0.383. The van der Waals surface area contributed by atoms with Crippen LogP contribution < -0.4 is 0 Å². The molecule has 0 fully saturated rings. The molecule has 0 aliphatic carbocycles. The van der Waals surface area contributed by atoms with Crippen LogP contribution in [0.15, 0.2) is 16.7 Å². The van der Waals surface area contributed by atoms with Gasteiger partial charge in [0.2, 0.25) is 5.82 Å². The van der Waals surface area contributed by atoms with E-state index < -0.39 is 34.9 Å². The van der Waals surface area contributed by atoms with Crippen molar-refractivity contribution in [1.82, 2.24) is 10.1 Å². The SMILES string of the molecule is COC(=O)c1nc(-c2ccc(F)c(F)c2F)no1. The van der Waals surface area contributed by atoms with Crippen molar-refractivity contribution in [2.75, 3.05) is 7.11 Å². The van der Waals surface area contributed by atoms with Crippen molar-refractivity contribution in [2.45, 2.75) is 0 Å². The standard InChI is InChI=1S/C10H5F3N2O3/c1-17-10(16)9-14-8(15-18-9)4-2-3-5(11)7(13)6(4)12/h2-3H,1H3. The molecule has 94 valence electrons. The summed E-state index contributed by atoms with van der Waals surface area (Å²) < 4.78 is 47.9. The molecular formula is C10H5F3N2O3. The van der Waals surface area contributed by atoms with Gasteiger partial charge in [-0.25, -0.2) is 18.0 Å². The summed E-state index contributed by atoms with van der Waals surface area (Å²) in [4.78, 5) is 14.5. The molecule has 8 heteroatoms. The van der Waals surface area contributed by atoms with Crippen molar-refractivity contribution >= 4 is 5.97 Å². The molecule has 2 rings (SSSR count). The number of halogens is 3. The smallest absolute Gasteiger partial charge is 0.397 e. The van der Waals surface area contributed by atoms with Crippen molar-refractivity contribution < 1.29 is 27.2 Å². The van der Waals surface area contributed by atoms with Crippen molar-refractivity contribution in [3.8, 4) is 11.4 Å². The van der Waals surface area contributed by atoms with Crippen molar-refractivity contribution in [1.29, 1.82) is 0 Å². The summed E-state index contributed by atoms with van der Waals surface area (Å²) in [5.74, 6) is -6.28. The van der Waals surface area contributed by atoms with Gasteiger partial charge in [0.05, 0.1) is 12.7 Å². The van der Waals surface area contributed by atoms with Crippen molar-refractivity contribution in [3.63, 3.8) is 0 Å². The number of methoxy groups -OCH3 is 1. The van der Waals surface area contributed by atoms with E-state index in [0.717, 1.165) is 13.2 Å². The van der Waals surface area contributed by atoms with Crippen LogP contribution in [0.2, 0.25) is 0 Å². The molecule has 0 saturated heterocycles. The van der Waals surface area contributed by atoms with Gasteiger partial charge in [0, 0.05) is 0 Å². The fourth-order valence-electron chi connectivity index (χ4n) is 1.20. The third kappa shape index (κ3) is 1.92. The summed E-state index contributed by atoms with van der Waals surface area (Å²) >= 11 is 0. The van der Waals surface area contributed by atoms with Crippen molar-refractivity contribution in [2.24, 2.45) is 0 Å². The number of benzene rings is 1. The fraction of sp³-hybridized carbons (Fsp3) is 0.100. The molecule has 0 amide bonds. The lowest BCUT2D eigenvalue weighted by Crippen LogP contribution is -2.01. The first-order valence-electron chi connectivity index (χ1n) is 4.60. The average Bonchev–Trinajstić information content (AvgIpc) is 2.84. The molecule has 0 atom stereocenters. The topological polar surface area (TPSA) is 65.2 Å². The predicted molar refractivity (Wildman–Crippen MR) is 50.9 cm³/mol. The molecule has 0 unspecified atom stereocenters. The predicted octanol–water partition coefficient (Wildman–Crippen LogP) is 1.94. The maximum atomic E-state index is 13.4. The van der Waals surface area contributed by atoms with Gasteiger partial charge in [0.15, 0.2) is 17.5 Å². The quantitative estimate of drug-likeness (QED) is 0.608. The summed E-state index contributed by atoms with van der Waals surface area (Å²) in [6.45, 7) is 0. The number of rotatable bonds is 2. The highest BCUT2D eigenvalue weighted by molar-refractivity contribution is 5.84. The van der Waals surface area contributed by atoms with Crippen LogP contribution in [0.1, 0.15) is 10.7 Å². The van der Waals surface area contributed by atoms with Crippen LogP contribution in [0.25, 0.3) is 11.4 Å². The van der Waals surface area contributed by atoms with Crippen LogP contribution in [0.3, 0.4) is 0 Å². The highest BCUT2D eigenvalue weighted by atomic mass is 19.2. The lowest BCUT2D eigenvalue weighted by Gasteiger charge is -1.99. The number of esters is 1. The first-order chi connectivity index (χ1) is 8.54. The zero-order valence-corrected chi connectivity index (χ0v) is 8.91. The Bertz CT molecular complexity index is 612. The van der Waals surface area contributed by atoms with Gasteiger partial charge in [-0.3, -0.25) is 0 Å². The Morgan fingerprint density at radius 3 is 2.67 bits per heavy atom. The lowest BCUT2D eigenvalue weighted by atomic mass is 10.2. The molecule has 1 heterocycles. The monoisotopic (exact) mass is 258 g/mol. The second-order valence-corrected chi connectivity index (χ2v) is 3.14. The minimum Gasteiger partial charge on any atom is -0.462 e. The van der Waals surface area contributed by atoms with E-state index in [9.17, 15) is 18.0 Å². The number of hydrogen-bond donors (Lipinski definition) is 0. The molecule has 0 spiro atoms. The second-order valence-electron chi connectivity index (χ2n) is 3.14. The molecular weight excluding hydrogens is 253 g/mol. The molecule has 0 N–H and O–H groups in total. The summed E-state index contributed by atoms with van der Waals surface area (Å²) in [5.41, 5.74) is -0.423. The number of carbonyl (C=O) groups excluding carboxylic acids is 1. The number of aromatic nitrogens is 2. The van der Waals surface area contributed by atoms with Crippen molar-refractivity contribution in [3.05, 3.63) is 35.5 Å². The maximum absolute atomic E-state index is 13.4. The molecule has 2 aromatic rings. The summed E-state index contributed by atoms with van der Waals surface area (Å²) in [7, 11) is 1.09. The Morgan fingerprint density at radius 2 is 2.00 bits per heavy atom. The first-order valence-corrected chi connectivity index (χ1v) is 4.60. The van der Waals surface area contributed by atoms with Gasteiger partial charge >= 0.3 is 11.9 Å². The van der Waals surface area contributed by atoms with E-state index in [-0.39, 0.29) is 5.82 Å². The van der Waals surface area contributed by atoms with Gasteiger partial charge in [-0.1, -0.05) is 5.16 Å².